The minimum Gasteiger partial charge on any atom is -0.386 e. The molecule has 1 N–H and O–H groups in total. The monoisotopic (exact) mass is 612 g/mol. The molecule has 0 bridgehead atoms. The third-order valence-electron chi connectivity index (χ3n) is 8.53. The van der Waals surface area contributed by atoms with Crippen molar-refractivity contribution in [3.8, 4) is 0 Å². The van der Waals surface area contributed by atoms with Gasteiger partial charge in [0.2, 0.25) is 0 Å². The highest BCUT2D eigenvalue weighted by Gasteiger charge is 2.50. The Labute approximate surface area is 267 Å². The molecular weight excluding hydrogens is 552 g/mol. The van der Waals surface area contributed by atoms with Gasteiger partial charge in [0.15, 0.2) is 0 Å². The summed E-state index contributed by atoms with van der Waals surface area (Å²) >= 11 is 0. The predicted octanol–water partition coefficient (Wildman–Crippen LogP) is 8.01. The lowest BCUT2D eigenvalue weighted by Gasteiger charge is -2.47. The van der Waals surface area contributed by atoms with Gasteiger partial charge in [0.25, 0.3) is 0 Å². The molecule has 0 radical (unpaired) electrons. The minimum absolute atomic E-state index is 0.345. The van der Waals surface area contributed by atoms with Crippen LogP contribution in [0.5, 0.6) is 0 Å². The summed E-state index contributed by atoms with van der Waals surface area (Å²) in [4.78, 5) is 0. The second-order valence-corrected chi connectivity index (χ2v) is 12.1. The first-order valence-electron chi connectivity index (χ1n) is 17.5. The summed E-state index contributed by atoms with van der Waals surface area (Å²) < 4.78 is 32.7. The smallest absolute Gasteiger partial charge is 0.117 e. The van der Waals surface area contributed by atoms with Gasteiger partial charge in [0.1, 0.15) is 36.6 Å². The van der Waals surface area contributed by atoms with E-state index in [0.717, 1.165) is 75.3 Å². The van der Waals surface area contributed by atoms with Crippen molar-refractivity contribution < 1.29 is 28.8 Å². The maximum Gasteiger partial charge on any atom is 0.117 e. The lowest BCUT2D eigenvalue weighted by atomic mass is 9.86. The highest BCUT2D eigenvalue weighted by atomic mass is 16.6. The van der Waals surface area contributed by atoms with Crippen LogP contribution in [0.25, 0.3) is 0 Å². The number of ether oxygens (including phenoxy) is 5. The SMILES string of the molecule is CCCCOC[C@H]1O[C@@H](C(O)c2ccccc2Cc2ccc(CC)cc2)[C@H](OCCCC)[C@@H](OCCCC)[C@@H]1OCCCC. The van der Waals surface area contributed by atoms with E-state index in [0.29, 0.717) is 33.0 Å². The largest absolute Gasteiger partial charge is 0.386 e. The molecule has 3 rings (SSSR count). The van der Waals surface area contributed by atoms with Crippen molar-refractivity contribution in [1.82, 2.24) is 0 Å². The molecule has 248 valence electrons. The number of aliphatic hydroxyl groups excluding tert-OH is 1. The molecule has 1 saturated heterocycles. The van der Waals surface area contributed by atoms with Crippen LogP contribution in [-0.4, -0.2) is 68.7 Å². The van der Waals surface area contributed by atoms with E-state index in [2.05, 4.69) is 65.0 Å². The summed E-state index contributed by atoms with van der Waals surface area (Å²) in [5.74, 6) is 0. The molecule has 0 amide bonds. The van der Waals surface area contributed by atoms with Crippen molar-refractivity contribution in [1.29, 1.82) is 0 Å². The second-order valence-electron chi connectivity index (χ2n) is 12.1. The molecular formula is C38H60O6. The second kappa shape index (κ2) is 21.1. The Bertz CT molecular complexity index is 1010. The van der Waals surface area contributed by atoms with E-state index >= 15 is 0 Å². The van der Waals surface area contributed by atoms with Gasteiger partial charge in [0, 0.05) is 26.4 Å². The summed E-state index contributed by atoms with van der Waals surface area (Å²) in [7, 11) is 0. The van der Waals surface area contributed by atoms with E-state index in [1.165, 1.54) is 11.1 Å². The molecule has 1 fully saturated rings. The quantitative estimate of drug-likeness (QED) is 0.136. The lowest BCUT2D eigenvalue weighted by Crippen LogP contribution is -2.62. The molecule has 0 spiro atoms. The van der Waals surface area contributed by atoms with Crippen LogP contribution in [-0.2, 0) is 36.5 Å². The number of hydrogen-bond acceptors (Lipinski definition) is 6. The van der Waals surface area contributed by atoms with E-state index < -0.39 is 18.3 Å². The summed E-state index contributed by atoms with van der Waals surface area (Å²) in [6, 6.07) is 16.9. The Kier molecular flexibility index (Phi) is 17.6. The zero-order valence-electron chi connectivity index (χ0n) is 28.2. The molecule has 2 aromatic rings. The molecule has 1 aliphatic heterocycles. The molecule has 6 heteroatoms. The van der Waals surface area contributed by atoms with Crippen LogP contribution in [0.2, 0.25) is 0 Å². The van der Waals surface area contributed by atoms with E-state index in [-0.39, 0.29) is 18.3 Å². The maximum atomic E-state index is 12.2. The van der Waals surface area contributed by atoms with Crippen molar-refractivity contribution >= 4 is 0 Å². The van der Waals surface area contributed by atoms with Crippen molar-refractivity contribution in [2.45, 2.75) is 135 Å². The molecule has 0 saturated carbocycles. The van der Waals surface area contributed by atoms with Gasteiger partial charge in [-0.1, -0.05) is 109 Å². The molecule has 1 aliphatic rings. The van der Waals surface area contributed by atoms with Gasteiger partial charge in [-0.15, -0.1) is 0 Å². The summed E-state index contributed by atoms with van der Waals surface area (Å²) in [5.41, 5.74) is 4.49. The van der Waals surface area contributed by atoms with Crippen LogP contribution in [0.15, 0.2) is 48.5 Å². The lowest BCUT2D eigenvalue weighted by molar-refractivity contribution is -0.281. The molecule has 2 aromatic carbocycles. The average Bonchev–Trinajstić information content (AvgIpc) is 3.05. The zero-order valence-corrected chi connectivity index (χ0v) is 28.2. The van der Waals surface area contributed by atoms with E-state index in [4.69, 9.17) is 23.7 Å². The van der Waals surface area contributed by atoms with Gasteiger partial charge in [-0.05, 0) is 60.8 Å². The highest BCUT2D eigenvalue weighted by Crippen LogP contribution is 2.37. The van der Waals surface area contributed by atoms with Crippen molar-refractivity contribution in [2.24, 2.45) is 0 Å². The van der Waals surface area contributed by atoms with E-state index in [1.54, 1.807) is 0 Å². The Morgan fingerprint density at radius 3 is 1.82 bits per heavy atom. The van der Waals surface area contributed by atoms with Gasteiger partial charge < -0.3 is 28.8 Å². The molecule has 6 nitrogen and oxygen atoms in total. The first kappa shape index (κ1) is 36.7. The molecule has 44 heavy (non-hydrogen) atoms. The van der Waals surface area contributed by atoms with Gasteiger partial charge in [-0.25, -0.2) is 0 Å². The number of hydrogen-bond donors (Lipinski definition) is 1. The predicted molar refractivity (Wildman–Crippen MR) is 178 cm³/mol. The fraction of sp³-hybridized carbons (Fsp3) is 0.684. The molecule has 0 aromatic heterocycles. The minimum atomic E-state index is -0.903. The first-order valence-corrected chi connectivity index (χ1v) is 17.5. The third-order valence-corrected chi connectivity index (χ3v) is 8.53. The summed E-state index contributed by atoms with van der Waals surface area (Å²) in [6.07, 6.45) is 6.62. The molecule has 6 atom stereocenters. The number of aliphatic hydroxyl groups is 1. The molecule has 1 heterocycles. The molecule has 0 aliphatic carbocycles. The van der Waals surface area contributed by atoms with E-state index in [1.807, 2.05) is 18.2 Å². The van der Waals surface area contributed by atoms with Crippen molar-refractivity contribution in [3.63, 3.8) is 0 Å². The standard InChI is InChI=1S/C38H60O6/c1-6-11-23-40-28-33-35(41-24-12-7-2)37(42-25-13-8-3)38(43-26-14-9-4)36(44-33)34(39)32-18-16-15-17-31(32)27-30-21-19-29(10-5)20-22-30/h15-22,33-39H,6-14,23-28H2,1-5H3/t33-,34?,35-,36+,37+,38+/m1/s1. The van der Waals surface area contributed by atoms with Gasteiger partial charge in [-0.2, -0.15) is 0 Å². The van der Waals surface area contributed by atoms with Gasteiger partial charge in [-0.3, -0.25) is 0 Å². The highest BCUT2D eigenvalue weighted by molar-refractivity contribution is 5.36. The van der Waals surface area contributed by atoms with Crippen LogP contribution < -0.4 is 0 Å². The Hall–Kier alpha value is -1.80. The third kappa shape index (κ3) is 11.2. The fourth-order valence-electron chi connectivity index (χ4n) is 5.72. The van der Waals surface area contributed by atoms with Gasteiger partial charge in [0.05, 0.1) is 6.61 Å². The van der Waals surface area contributed by atoms with E-state index in [9.17, 15) is 5.11 Å². The normalized spacial score (nSPS) is 22.7. The van der Waals surface area contributed by atoms with Crippen molar-refractivity contribution in [2.75, 3.05) is 33.0 Å². The Morgan fingerprint density at radius 2 is 1.20 bits per heavy atom. The number of benzene rings is 2. The average molecular weight is 613 g/mol. The van der Waals surface area contributed by atoms with Crippen LogP contribution in [0.1, 0.15) is 114 Å². The number of aryl methyl sites for hydroxylation is 1. The van der Waals surface area contributed by atoms with Gasteiger partial charge >= 0.3 is 0 Å². The topological polar surface area (TPSA) is 66.4 Å². The molecule has 1 unspecified atom stereocenters. The zero-order chi connectivity index (χ0) is 31.6. The first-order chi connectivity index (χ1) is 21.6. The maximum absolute atomic E-state index is 12.2. The van der Waals surface area contributed by atoms with Crippen LogP contribution >= 0.6 is 0 Å². The van der Waals surface area contributed by atoms with Crippen LogP contribution in [0.4, 0.5) is 0 Å². The Balaban J connectivity index is 1.97. The van der Waals surface area contributed by atoms with Crippen LogP contribution in [0, 0.1) is 0 Å². The van der Waals surface area contributed by atoms with Crippen molar-refractivity contribution in [3.05, 3.63) is 70.8 Å². The number of rotatable bonds is 22. The summed E-state index contributed by atoms with van der Waals surface area (Å²) in [6.45, 7) is 13.7. The fourth-order valence-corrected chi connectivity index (χ4v) is 5.72. The number of unbranched alkanes of at least 4 members (excludes halogenated alkanes) is 4. The Morgan fingerprint density at radius 1 is 0.659 bits per heavy atom. The van der Waals surface area contributed by atoms with Crippen LogP contribution in [0.3, 0.4) is 0 Å². The summed E-state index contributed by atoms with van der Waals surface area (Å²) in [5, 5.41) is 12.2.